The highest BCUT2D eigenvalue weighted by Gasteiger charge is 2.20. The zero-order valence-electron chi connectivity index (χ0n) is 12.8. The number of rotatable bonds is 3. The Hall–Kier alpha value is -3.09. The molecule has 0 N–H and O–H groups in total. The molecule has 1 aromatic heterocycles. The summed E-state index contributed by atoms with van der Waals surface area (Å²) in [7, 11) is 0. The summed E-state index contributed by atoms with van der Waals surface area (Å²) in [5.74, 6) is -2.32. The molecule has 0 atom stereocenters. The van der Waals surface area contributed by atoms with Crippen molar-refractivity contribution in [2.45, 2.75) is 13.8 Å². The van der Waals surface area contributed by atoms with Crippen molar-refractivity contribution >= 4 is 16.6 Å². The Morgan fingerprint density at radius 3 is 2.46 bits per heavy atom. The molecule has 0 spiro atoms. The summed E-state index contributed by atoms with van der Waals surface area (Å²) >= 11 is 0. The molecule has 0 radical (unpaired) electrons. The maximum atomic E-state index is 14.0. The fraction of sp³-hybridized carbons (Fsp3) is 0.118. The molecule has 0 saturated heterocycles. The molecule has 0 unspecified atom stereocenters. The molecule has 3 aromatic rings. The van der Waals surface area contributed by atoms with Gasteiger partial charge in [0, 0.05) is 17.6 Å². The minimum absolute atomic E-state index is 0.287. The lowest BCUT2D eigenvalue weighted by molar-refractivity contribution is -0.387. The summed E-state index contributed by atoms with van der Waals surface area (Å²) < 4.78 is 33.2. The number of aryl methyl sites for hydroxylation is 2. The molecule has 3 rings (SSSR count). The molecule has 0 saturated carbocycles. The first kappa shape index (κ1) is 15.8. The number of nitro benzene ring substituents is 1. The smallest absolute Gasteiger partial charge is 0.307 e. The Morgan fingerprint density at radius 1 is 1.04 bits per heavy atom. The molecule has 0 aliphatic heterocycles. The van der Waals surface area contributed by atoms with Crippen molar-refractivity contribution in [2.24, 2.45) is 0 Å². The number of aromatic nitrogens is 1. The number of nitrogens with zero attached hydrogens (tertiary/aromatic N) is 2. The second kappa shape index (κ2) is 5.84. The second-order valence-corrected chi connectivity index (χ2v) is 5.36. The van der Waals surface area contributed by atoms with Gasteiger partial charge in [-0.1, -0.05) is 0 Å². The van der Waals surface area contributed by atoms with E-state index in [4.69, 9.17) is 4.74 Å². The number of hydrogen-bond acceptors (Lipinski definition) is 4. The van der Waals surface area contributed by atoms with Crippen LogP contribution in [0.25, 0.3) is 10.9 Å². The SMILES string of the molecule is Cc1cc2nccc(Oc3cc(F)c([N+](=O)[O-])cc3F)c2cc1C. The van der Waals surface area contributed by atoms with Crippen molar-refractivity contribution in [3.8, 4) is 11.5 Å². The van der Waals surface area contributed by atoms with Crippen LogP contribution in [0, 0.1) is 35.6 Å². The van der Waals surface area contributed by atoms with E-state index in [2.05, 4.69) is 4.98 Å². The van der Waals surface area contributed by atoms with Crippen molar-refractivity contribution in [3.05, 3.63) is 69.4 Å². The first-order chi connectivity index (χ1) is 11.4. The molecule has 1 heterocycles. The summed E-state index contributed by atoms with van der Waals surface area (Å²) in [5, 5.41) is 11.3. The van der Waals surface area contributed by atoms with Gasteiger partial charge in [-0.2, -0.15) is 4.39 Å². The number of nitro groups is 1. The van der Waals surface area contributed by atoms with Gasteiger partial charge in [-0.3, -0.25) is 15.1 Å². The summed E-state index contributed by atoms with van der Waals surface area (Å²) in [4.78, 5) is 13.9. The first-order valence-corrected chi connectivity index (χ1v) is 7.04. The molecular weight excluding hydrogens is 318 g/mol. The molecule has 24 heavy (non-hydrogen) atoms. The molecule has 0 bridgehead atoms. The molecule has 0 aliphatic rings. The highest BCUT2D eigenvalue weighted by molar-refractivity contribution is 5.86. The Kier molecular flexibility index (Phi) is 3.84. The topological polar surface area (TPSA) is 65.3 Å². The molecule has 0 fully saturated rings. The number of pyridine rings is 1. The second-order valence-electron chi connectivity index (χ2n) is 5.36. The zero-order chi connectivity index (χ0) is 17.4. The quantitative estimate of drug-likeness (QED) is 0.509. The highest BCUT2D eigenvalue weighted by Crippen LogP contribution is 2.34. The van der Waals surface area contributed by atoms with Gasteiger partial charge in [0.05, 0.1) is 16.5 Å². The van der Waals surface area contributed by atoms with Gasteiger partial charge < -0.3 is 4.74 Å². The van der Waals surface area contributed by atoms with E-state index in [9.17, 15) is 18.9 Å². The van der Waals surface area contributed by atoms with E-state index in [1.807, 2.05) is 26.0 Å². The molecular formula is C17H12F2N2O3. The predicted molar refractivity (Wildman–Crippen MR) is 84.3 cm³/mol. The van der Waals surface area contributed by atoms with Crippen molar-refractivity contribution in [1.29, 1.82) is 0 Å². The Balaban J connectivity index is 2.09. The minimum atomic E-state index is -1.17. The van der Waals surface area contributed by atoms with E-state index in [1.165, 1.54) is 12.3 Å². The zero-order valence-corrected chi connectivity index (χ0v) is 12.8. The Labute approximate surface area is 135 Å². The van der Waals surface area contributed by atoms with Gasteiger partial charge in [-0.15, -0.1) is 0 Å². The van der Waals surface area contributed by atoms with Gasteiger partial charge in [0.25, 0.3) is 0 Å². The maximum Gasteiger partial charge on any atom is 0.307 e. The minimum Gasteiger partial charge on any atom is -0.453 e. The van der Waals surface area contributed by atoms with Crippen LogP contribution in [0.15, 0.2) is 36.5 Å². The van der Waals surface area contributed by atoms with Crippen LogP contribution in [0.3, 0.4) is 0 Å². The third kappa shape index (κ3) is 2.76. The van der Waals surface area contributed by atoms with E-state index in [0.29, 0.717) is 23.0 Å². The van der Waals surface area contributed by atoms with Crippen molar-refractivity contribution in [3.63, 3.8) is 0 Å². The van der Waals surface area contributed by atoms with E-state index in [-0.39, 0.29) is 5.75 Å². The summed E-state index contributed by atoms with van der Waals surface area (Å²) in [6.07, 6.45) is 1.49. The van der Waals surface area contributed by atoms with E-state index < -0.39 is 28.0 Å². The van der Waals surface area contributed by atoms with Gasteiger partial charge in [0.1, 0.15) is 5.75 Å². The standard InChI is InChI=1S/C17H12F2N2O3/c1-9-5-11-14(6-10(9)2)20-4-3-16(11)24-17-8-12(18)15(21(22)23)7-13(17)19/h3-8H,1-2H3. The van der Waals surface area contributed by atoms with E-state index in [0.717, 1.165) is 11.1 Å². The monoisotopic (exact) mass is 330 g/mol. The van der Waals surface area contributed by atoms with Crippen LogP contribution >= 0.6 is 0 Å². The lowest BCUT2D eigenvalue weighted by Crippen LogP contribution is -1.97. The average molecular weight is 330 g/mol. The van der Waals surface area contributed by atoms with Gasteiger partial charge in [-0.05, 0) is 43.2 Å². The third-order valence-electron chi connectivity index (χ3n) is 3.73. The van der Waals surface area contributed by atoms with Gasteiger partial charge in [0.15, 0.2) is 11.6 Å². The van der Waals surface area contributed by atoms with Crippen molar-refractivity contribution in [2.75, 3.05) is 0 Å². The largest absolute Gasteiger partial charge is 0.453 e. The van der Waals surface area contributed by atoms with Crippen LogP contribution in [0.5, 0.6) is 11.5 Å². The summed E-state index contributed by atoms with van der Waals surface area (Å²) in [6, 6.07) is 6.40. The average Bonchev–Trinajstić information content (AvgIpc) is 2.52. The van der Waals surface area contributed by atoms with E-state index >= 15 is 0 Å². The van der Waals surface area contributed by atoms with Crippen LogP contribution < -0.4 is 4.74 Å². The van der Waals surface area contributed by atoms with Crippen molar-refractivity contribution in [1.82, 2.24) is 4.98 Å². The lowest BCUT2D eigenvalue weighted by Gasteiger charge is -2.11. The lowest BCUT2D eigenvalue weighted by atomic mass is 10.1. The normalized spacial score (nSPS) is 10.8. The molecule has 2 aromatic carbocycles. The first-order valence-electron chi connectivity index (χ1n) is 7.04. The fourth-order valence-corrected chi connectivity index (χ4v) is 2.32. The van der Waals surface area contributed by atoms with E-state index in [1.54, 1.807) is 0 Å². The number of fused-ring (bicyclic) bond motifs is 1. The number of halogens is 2. The summed E-state index contributed by atoms with van der Waals surface area (Å²) in [5.41, 5.74) is 1.75. The Bertz CT molecular complexity index is 974. The van der Waals surface area contributed by atoms with Crippen LogP contribution in [0.2, 0.25) is 0 Å². The Morgan fingerprint density at radius 2 is 1.75 bits per heavy atom. The molecule has 5 nitrogen and oxygen atoms in total. The van der Waals surface area contributed by atoms with Crippen LogP contribution in [-0.4, -0.2) is 9.91 Å². The van der Waals surface area contributed by atoms with Crippen LogP contribution in [0.4, 0.5) is 14.5 Å². The number of benzene rings is 2. The predicted octanol–water partition coefficient (Wildman–Crippen LogP) is 4.83. The number of ether oxygens (including phenoxy) is 1. The maximum absolute atomic E-state index is 14.0. The molecule has 0 aliphatic carbocycles. The van der Waals surface area contributed by atoms with Crippen LogP contribution in [-0.2, 0) is 0 Å². The van der Waals surface area contributed by atoms with Gasteiger partial charge in [-0.25, -0.2) is 4.39 Å². The van der Waals surface area contributed by atoms with Crippen LogP contribution in [0.1, 0.15) is 11.1 Å². The van der Waals surface area contributed by atoms with Crippen molar-refractivity contribution < 1.29 is 18.4 Å². The molecule has 7 heteroatoms. The molecule has 122 valence electrons. The summed E-state index contributed by atoms with van der Waals surface area (Å²) in [6.45, 7) is 3.85. The third-order valence-corrected chi connectivity index (χ3v) is 3.73. The number of hydrogen-bond donors (Lipinski definition) is 0. The highest BCUT2D eigenvalue weighted by atomic mass is 19.1. The van der Waals surface area contributed by atoms with Gasteiger partial charge in [0.2, 0.25) is 5.82 Å². The molecule has 0 amide bonds. The fourth-order valence-electron chi connectivity index (χ4n) is 2.32. The van der Waals surface area contributed by atoms with Gasteiger partial charge >= 0.3 is 5.69 Å².